The molecule has 0 heterocycles. The quantitative estimate of drug-likeness (QED) is 0.831. The van der Waals surface area contributed by atoms with Crippen LogP contribution in [0, 0.1) is 5.41 Å². The number of carboxylic acids is 1. The summed E-state index contributed by atoms with van der Waals surface area (Å²) in [7, 11) is 0. The molecule has 0 aromatic heterocycles. The molecule has 3 nitrogen and oxygen atoms in total. The van der Waals surface area contributed by atoms with Crippen LogP contribution in [0.25, 0.3) is 0 Å². The van der Waals surface area contributed by atoms with Gasteiger partial charge in [-0.2, -0.15) is 0 Å². The van der Waals surface area contributed by atoms with E-state index in [4.69, 9.17) is 0 Å². The zero-order valence-electron chi connectivity index (χ0n) is 14.3. The number of carboxylic acid groups (broad SMARTS) is 1. The van der Waals surface area contributed by atoms with Crippen molar-refractivity contribution in [3.8, 4) is 0 Å². The molecule has 122 valence electrons. The highest BCUT2D eigenvalue weighted by atomic mass is 16.4. The molecule has 1 aliphatic rings. The van der Waals surface area contributed by atoms with Crippen molar-refractivity contribution < 1.29 is 9.90 Å². The predicted octanol–water partition coefficient (Wildman–Crippen LogP) is 4.11. The Morgan fingerprint density at radius 2 is 1.95 bits per heavy atom. The number of hydrogen-bond acceptors (Lipinski definition) is 2. The van der Waals surface area contributed by atoms with E-state index in [0.29, 0.717) is 6.42 Å². The molecule has 0 fully saturated rings. The van der Waals surface area contributed by atoms with Gasteiger partial charge in [0.25, 0.3) is 0 Å². The molecular weight excluding hydrogens is 274 g/mol. The Morgan fingerprint density at radius 3 is 2.59 bits per heavy atom. The van der Waals surface area contributed by atoms with Gasteiger partial charge in [-0.15, -0.1) is 0 Å². The zero-order chi connectivity index (χ0) is 16.3. The number of aryl methyl sites for hydroxylation is 2. The number of aliphatic carboxylic acids is 1. The monoisotopic (exact) mass is 303 g/mol. The molecule has 0 spiro atoms. The summed E-state index contributed by atoms with van der Waals surface area (Å²) in [4.78, 5) is 11.5. The summed E-state index contributed by atoms with van der Waals surface area (Å²) in [6.45, 7) is 8.51. The zero-order valence-corrected chi connectivity index (χ0v) is 14.3. The van der Waals surface area contributed by atoms with Crippen molar-refractivity contribution in [2.75, 3.05) is 0 Å². The standard InChI is InChI=1S/C19H29NO2/c1-13(15-9-8-14-6-5-7-16(14)12-15)20-17(18(21)22)10-11-19(2,3)4/h8-9,12-13,17,20H,5-7,10-11H2,1-4H3,(H,21,22). The lowest BCUT2D eigenvalue weighted by atomic mass is 9.88. The summed E-state index contributed by atoms with van der Waals surface area (Å²) in [6, 6.07) is 6.18. The third-order valence-corrected chi connectivity index (χ3v) is 4.55. The highest BCUT2D eigenvalue weighted by molar-refractivity contribution is 5.73. The number of carbonyl (C=O) groups is 1. The Bertz CT molecular complexity index is 531. The largest absolute Gasteiger partial charge is 0.480 e. The van der Waals surface area contributed by atoms with Crippen molar-refractivity contribution in [2.24, 2.45) is 5.41 Å². The lowest BCUT2D eigenvalue weighted by molar-refractivity contribution is -0.140. The van der Waals surface area contributed by atoms with Crippen LogP contribution in [0.5, 0.6) is 0 Å². The third-order valence-electron chi connectivity index (χ3n) is 4.55. The molecule has 2 N–H and O–H groups in total. The summed E-state index contributed by atoms with van der Waals surface area (Å²) in [5.41, 5.74) is 4.25. The van der Waals surface area contributed by atoms with E-state index >= 15 is 0 Å². The van der Waals surface area contributed by atoms with Gasteiger partial charge in [0.2, 0.25) is 0 Å². The van der Waals surface area contributed by atoms with Crippen molar-refractivity contribution in [1.82, 2.24) is 5.32 Å². The van der Waals surface area contributed by atoms with Crippen LogP contribution >= 0.6 is 0 Å². The van der Waals surface area contributed by atoms with E-state index in [1.165, 1.54) is 29.5 Å². The number of rotatable bonds is 6. The fourth-order valence-corrected chi connectivity index (χ4v) is 3.11. The van der Waals surface area contributed by atoms with Crippen LogP contribution in [0.4, 0.5) is 0 Å². The number of nitrogens with one attached hydrogen (secondary N) is 1. The Kier molecular flexibility index (Phi) is 5.28. The van der Waals surface area contributed by atoms with Gasteiger partial charge in [0.05, 0.1) is 0 Å². The van der Waals surface area contributed by atoms with Gasteiger partial charge >= 0.3 is 5.97 Å². The molecule has 2 unspecified atom stereocenters. The minimum atomic E-state index is -0.753. The third kappa shape index (κ3) is 4.57. The summed E-state index contributed by atoms with van der Waals surface area (Å²) in [5.74, 6) is -0.753. The van der Waals surface area contributed by atoms with Crippen LogP contribution in [-0.2, 0) is 17.6 Å². The number of fused-ring (bicyclic) bond motifs is 1. The first kappa shape index (κ1) is 17.0. The van der Waals surface area contributed by atoms with Gasteiger partial charge < -0.3 is 5.11 Å². The van der Waals surface area contributed by atoms with Gasteiger partial charge in [-0.05, 0) is 61.1 Å². The van der Waals surface area contributed by atoms with Gasteiger partial charge in [-0.3, -0.25) is 10.1 Å². The lowest BCUT2D eigenvalue weighted by Crippen LogP contribution is -2.39. The van der Waals surface area contributed by atoms with Gasteiger partial charge in [-0.1, -0.05) is 39.0 Å². The molecule has 1 aromatic carbocycles. The van der Waals surface area contributed by atoms with Crippen molar-refractivity contribution in [3.63, 3.8) is 0 Å². The first-order valence-electron chi connectivity index (χ1n) is 8.37. The van der Waals surface area contributed by atoms with Crippen molar-refractivity contribution in [2.45, 2.75) is 71.9 Å². The Labute approximate surface area is 134 Å². The molecule has 0 bridgehead atoms. The van der Waals surface area contributed by atoms with Crippen LogP contribution in [0.2, 0.25) is 0 Å². The van der Waals surface area contributed by atoms with E-state index < -0.39 is 12.0 Å². The minimum absolute atomic E-state index is 0.0620. The number of hydrogen-bond donors (Lipinski definition) is 2. The molecule has 0 radical (unpaired) electrons. The normalized spacial score (nSPS) is 17.1. The summed E-state index contributed by atoms with van der Waals surface area (Å²) in [6.07, 6.45) is 5.13. The predicted molar refractivity (Wildman–Crippen MR) is 90.1 cm³/mol. The Balaban J connectivity index is 2.01. The molecule has 1 aromatic rings. The highest BCUT2D eigenvalue weighted by Crippen LogP contribution is 2.26. The van der Waals surface area contributed by atoms with E-state index in [0.717, 1.165) is 12.8 Å². The van der Waals surface area contributed by atoms with E-state index in [2.05, 4.69) is 51.2 Å². The molecule has 0 amide bonds. The van der Waals surface area contributed by atoms with Gasteiger partial charge in [0, 0.05) is 6.04 Å². The molecule has 0 saturated carbocycles. The average Bonchev–Trinajstić information content (AvgIpc) is 2.88. The Hall–Kier alpha value is -1.35. The van der Waals surface area contributed by atoms with Gasteiger partial charge in [0.15, 0.2) is 0 Å². The van der Waals surface area contributed by atoms with Crippen LogP contribution in [0.15, 0.2) is 18.2 Å². The molecule has 22 heavy (non-hydrogen) atoms. The molecule has 2 rings (SSSR count). The van der Waals surface area contributed by atoms with Crippen molar-refractivity contribution in [1.29, 1.82) is 0 Å². The first-order valence-corrected chi connectivity index (χ1v) is 8.37. The van der Waals surface area contributed by atoms with Crippen molar-refractivity contribution >= 4 is 5.97 Å². The average molecular weight is 303 g/mol. The van der Waals surface area contributed by atoms with Gasteiger partial charge in [-0.25, -0.2) is 0 Å². The fourth-order valence-electron chi connectivity index (χ4n) is 3.11. The molecule has 2 atom stereocenters. The second-order valence-corrected chi connectivity index (χ2v) is 7.76. The van der Waals surface area contributed by atoms with E-state index in [9.17, 15) is 9.90 Å². The first-order chi connectivity index (χ1) is 10.3. The van der Waals surface area contributed by atoms with Crippen LogP contribution in [0.1, 0.15) is 69.7 Å². The van der Waals surface area contributed by atoms with Crippen LogP contribution < -0.4 is 5.32 Å². The molecule has 3 heteroatoms. The van der Waals surface area contributed by atoms with Crippen LogP contribution in [0.3, 0.4) is 0 Å². The van der Waals surface area contributed by atoms with E-state index in [1.807, 2.05) is 0 Å². The highest BCUT2D eigenvalue weighted by Gasteiger charge is 2.23. The maximum absolute atomic E-state index is 11.5. The summed E-state index contributed by atoms with van der Waals surface area (Å²) in [5, 5.41) is 12.8. The smallest absolute Gasteiger partial charge is 0.320 e. The molecular formula is C19H29NO2. The second kappa shape index (κ2) is 6.82. The van der Waals surface area contributed by atoms with Gasteiger partial charge in [0.1, 0.15) is 6.04 Å². The molecule has 0 aliphatic heterocycles. The SMILES string of the molecule is CC(NC(CCC(C)(C)C)C(=O)O)c1ccc2c(c1)CCC2. The second-order valence-electron chi connectivity index (χ2n) is 7.76. The van der Waals surface area contributed by atoms with Crippen molar-refractivity contribution in [3.05, 3.63) is 34.9 Å². The fraction of sp³-hybridized carbons (Fsp3) is 0.632. The topological polar surface area (TPSA) is 49.3 Å². The van der Waals surface area contributed by atoms with E-state index in [1.54, 1.807) is 0 Å². The Morgan fingerprint density at radius 1 is 1.27 bits per heavy atom. The van der Waals surface area contributed by atoms with E-state index in [-0.39, 0.29) is 11.5 Å². The minimum Gasteiger partial charge on any atom is -0.480 e. The summed E-state index contributed by atoms with van der Waals surface area (Å²) < 4.78 is 0. The maximum atomic E-state index is 11.5. The maximum Gasteiger partial charge on any atom is 0.320 e. The molecule has 1 aliphatic carbocycles. The van der Waals surface area contributed by atoms with Crippen LogP contribution in [-0.4, -0.2) is 17.1 Å². The molecule has 0 saturated heterocycles. The number of benzene rings is 1. The lowest BCUT2D eigenvalue weighted by Gasteiger charge is -2.24. The summed E-state index contributed by atoms with van der Waals surface area (Å²) >= 11 is 0.